The third kappa shape index (κ3) is 5.15. The maximum Gasteiger partial charge on any atom is 0.251 e. The van der Waals surface area contributed by atoms with Crippen LogP contribution >= 0.6 is 0 Å². The van der Waals surface area contributed by atoms with Crippen LogP contribution in [0.1, 0.15) is 46.2 Å². The summed E-state index contributed by atoms with van der Waals surface area (Å²) in [6, 6.07) is 12.9. The minimum atomic E-state index is -3.43. The van der Waals surface area contributed by atoms with Crippen molar-refractivity contribution in [1.29, 1.82) is 0 Å². The molecule has 25 heavy (non-hydrogen) atoms. The SMILES string of the molecule is CC(=O)c1cccc(C(=O)NC(C)c2ccccc2NS(C)(=O)=O)c1. The van der Waals surface area contributed by atoms with Gasteiger partial charge in [0.2, 0.25) is 10.0 Å². The minimum Gasteiger partial charge on any atom is -0.345 e. The van der Waals surface area contributed by atoms with Crippen LogP contribution in [0.4, 0.5) is 5.69 Å². The van der Waals surface area contributed by atoms with Gasteiger partial charge in [0.05, 0.1) is 18.0 Å². The van der Waals surface area contributed by atoms with Gasteiger partial charge < -0.3 is 5.32 Å². The molecule has 0 saturated heterocycles. The van der Waals surface area contributed by atoms with Crippen molar-refractivity contribution in [3.8, 4) is 0 Å². The van der Waals surface area contributed by atoms with E-state index >= 15 is 0 Å². The molecule has 0 aromatic heterocycles. The molecule has 0 spiro atoms. The summed E-state index contributed by atoms with van der Waals surface area (Å²) >= 11 is 0. The fourth-order valence-corrected chi connectivity index (χ4v) is 2.99. The number of nitrogens with one attached hydrogen (secondary N) is 2. The number of sulfonamides is 1. The second-order valence-electron chi connectivity index (χ2n) is 5.79. The van der Waals surface area contributed by atoms with E-state index in [0.29, 0.717) is 22.4 Å². The Balaban J connectivity index is 2.22. The lowest BCUT2D eigenvalue weighted by atomic mass is 10.0. The van der Waals surface area contributed by atoms with Gasteiger partial charge in [0, 0.05) is 11.1 Å². The summed E-state index contributed by atoms with van der Waals surface area (Å²) in [5.41, 5.74) is 1.88. The van der Waals surface area contributed by atoms with Crippen molar-refractivity contribution < 1.29 is 18.0 Å². The molecule has 2 rings (SSSR count). The summed E-state index contributed by atoms with van der Waals surface area (Å²) in [5.74, 6) is -0.463. The topological polar surface area (TPSA) is 92.3 Å². The van der Waals surface area contributed by atoms with Crippen LogP contribution in [-0.2, 0) is 10.0 Å². The second-order valence-corrected chi connectivity index (χ2v) is 7.54. The maximum absolute atomic E-state index is 12.4. The lowest BCUT2D eigenvalue weighted by molar-refractivity contribution is 0.0940. The van der Waals surface area contributed by atoms with Crippen LogP contribution in [0.2, 0.25) is 0 Å². The Labute approximate surface area is 147 Å². The number of hydrogen-bond acceptors (Lipinski definition) is 4. The monoisotopic (exact) mass is 360 g/mol. The number of carbonyl (C=O) groups excluding carboxylic acids is 2. The zero-order chi connectivity index (χ0) is 18.6. The lowest BCUT2D eigenvalue weighted by Gasteiger charge is -2.18. The molecule has 1 amide bonds. The van der Waals surface area contributed by atoms with Crippen LogP contribution in [0.15, 0.2) is 48.5 Å². The molecule has 2 aromatic carbocycles. The van der Waals surface area contributed by atoms with Crippen LogP contribution in [-0.4, -0.2) is 26.4 Å². The van der Waals surface area contributed by atoms with Gasteiger partial charge >= 0.3 is 0 Å². The molecule has 0 aliphatic carbocycles. The van der Waals surface area contributed by atoms with Gasteiger partial charge in [-0.2, -0.15) is 0 Å². The molecule has 1 unspecified atom stereocenters. The van der Waals surface area contributed by atoms with Gasteiger partial charge in [-0.05, 0) is 37.6 Å². The van der Waals surface area contributed by atoms with E-state index in [1.807, 2.05) is 0 Å². The second kappa shape index (κ2) is 7.48. The number of carbonyl (C=O) groups is 2. The van der Waals surface area contributed by atoms with Crippen LogP contribution in [0.3, 0.4) is 0 Å². The average Bonchev–Trinajstić information content (AvgIpc) is 2.53. The Morgan fingerprint density at radius 2 is 1.64 bits per heavy atom. The first-order chi connectivity index (χ1) is 11.7. The normalized spacial score (nSPS) is 12.3. The molecule has 0 aliphatic rings. The van der Waals surface area contributed by atoms with E-state index < -0.39 is 16.1 Å². The van der Waals surface area contributed by atoms with E-state index in [9.17, 15) is 18.0 Å². The Morgan fingerprint density at radius 3 is 2.28 bits per heavy atom. The van der Waals surface area contributed by atoms with E-state index in [1.54, 1.807) is 49.4 Å². The van der Waals surface area contributed by atoms with Crippen molar-refractivity contribution in [2.45, 2.75) is 19.9 Å². The highest BCUT2D eigenvalue weighted by Gasteiger charge is 2.16. The highest BCUT2D eigenvalue weighted by Crippen LogP contribution is 2.23. The molecule has 0 saturated carbocycles. The first-order valence-electron chi connectivity index (χ1n) is 7.66. The van der Waals surface area contributed by atoms with E-state index in [2.05, 4.69) is 10.0 Å². The van der Waals surface area contributed by atoms with E-state index in [0.717, 1.165) is 6.26 Å². The van der Waals surface area contributed by atoms with E-state index in [4.69, 9.17) is 0 Å². The largest absolute Gasteiger partial charge is 0.345 e. The predicted octanol–water partition coefficient (Wildman–Crippen LogP) is 2.75. The summed E-state index contributed by atoms with van der Waals surface area (Å²) in [6.07, 6.45) is 1.07. The first-order valence-corrected chi connectivity index (χ1v) is 9.55. The highest BCUT2D eigenvalue weighted by atomic mass is 32.2. The maximum atomic E-state index is 12.4. The molecule has 2 aromatic rings. The van der Waals surface area contributed by atoms with Gasteiger partial charge in [-0.15, -0.1) is 0 Å². The first kappa shape index (κ1) is 18.7. The zero-order valence-corrected chi connectivity index (χ0v) is 15.1. The predicted molar refractivity (Wildman–Crippen MR) is 97.2 cm³/mol. The number of benzene rings is 2. The van der Waals surface area contributed by atoms with Gasteiger partial charge in [0.15, 0.2) is 5.78 Å². The molecule has 7 heteroatoms. The van der Waals surface area contributed by atoms with Crippen molar-refractivity contribution >= 4 is 27.4 Å². The molecule has 6 nitrogen and oxygen atoms in total. The third-order valence-electron chi connectivity index (χ3n) is 3.60. The molecule has 0 heterocycles. The average molecular weight is 360 g/mol. The molecule has 0 radical (unpaired) electrons. The van der Waals surface area contributed by atoms with Gasteiger partial charge in [0.1, 0.15) is 0 Å². The summed E-state index contributed by atoms with van der Waals surface area (Å²) < 4.78 is 25.4. The fraction of sp³-hybridized carbons (Fsp3) is 0.222. The van der Waals surface area contributed by atoms with Gasteiger partial charge in [-0.1, -0.05) is 30.3 Å². The molecule has 0 bridgehead atoms. The Morgan fingerprint density at radius 1 is 1.00 bits per heavy atom. The van der Waals surface area contributed by atoms with Crippen LogP contribution < -0.4 is 10.0 Å². The van der Waals surface area contributed by atoms with Gasteiger partial charge in [-0.25, -0.2) is 8.42 Å². The zero-order valence-electron chi connectivity index (χ0n) is 14.2. The molecule has 2 N–H and O–H groups in total. The van der Waals surface area contributed by atoms with Crippen LogP contribution in [0.25, 0.3) is 0 Å². The number of Topliss-reactive ketones (excluding diaryl/α,β-unsaturated/α-hetero) is 1. The molecule has 132 valence electrons. The minimum absolute atomic E-state index is 0.120. The van der Waals surface area contributed by atoms with Crippen molar-refractivity contribution in [2.75, 3.05) is 11.0 Å². The fourth-order valence-electron chi connectivity index (χ4n) is 2.40. The number of amides is 1. The number of anilines is 1. The summed E-state index contributed by atoms with van der Waals surface area (Å²) in [5, 5.41) is 2.82. The van der Waals surface area contributed by atoms with Crippen molar-refractivity contribution in [1.82, 2.24) is 5.32 Å². The Bertz CT molecular complexity index is 907. The summed E-state index contributed by atoms with van der Waals surface area (Å²) in [7, 11) is -3.43. The van der Waals surface area contributed by atoms with Gasteiger partial charge in [-0.3, -0.25) is 14.3 Å². The molecular formula is C18H20N2O4S. The highest BCUT2D eigenvalue weighted by molar-refractivity contribution is 7.92. The number of rotatable bonds is 6. The van der Waals surface area contributed by atoms with Crippen molar-refractivity contribution in [3.63, 3.8) is 0 Å². The number of ketones is 1. The molecule has 1 atom stereocenters. The molecular weight excluding hydrogens is 340 g/mol. The van der Waals surface area contributed by atoms with Crippen LogP contribution in [0, 0.1) is 0 Å². The standard InChI is InChI=1S/C18H20N2O4S/c1-12(16-9-4-5-10-17(16)20-25(3,23)24)19-18(22)15-8-6-7-14(11-15)13(2)21/h4-12,20H,1-3H3,(H,19,22). The molecule has 0 fully saturated rings. The Hall–Kier alpha value is -2.67. The quantitative estimate of drug-likeness (QED) is 0.775. The Kier molecular flexibility index (Phi) is 5.58. The van der Waals surface area contributed by atoms with E-state index in [1.165, 1.54) is 13.0 Å². The van der Waals surface area contributed by atoms with Crippen molar-refractivity contribution in [3.05, 3.63) is 65.2 Å². The lowest BCUT2D eigenvalue weighted by Crippen LogP contribution is -2.27. The molecule has 0 aliphatic heterocycles. The summed E-state index contributed by atoms with van der Waals surface area (Å²) in [4.78, 5) is 23.9. The van der Waals surface area contributed by atoms with Gasteiger partial charge in [0.25, 0.3) is 5.91 Å². The van der Waals surface area contributed by atoms with E-state index in [-0.39, 0.29) is 11.7 Å². The van der Waals surface area contributed by atoms with Crippen molar-refractivity contribution in [2.24, 2.45) is 0 Å². The third-order valence-corrected chi connectivity index (χ3v) is 4.19. The smallest absolute Gasteiger partial charge is 0.251 e. The number of para-hydroxylation sites is 1. The summed E-state index contributed by atoms with van der Waals surface area (Å²) in [6.45, 7) is 3.20. The number of hydrogen-bond donors (Lipinski definition) is 2. The van der Waals surface area contributed by atoms with Crippen LogP contribution in [0.5, 0.6) is 0 Å².